The molecule has 0 bridgehead atoms. The summed E-state index contributed by atoms with van der Waals surface area (Å²) in [5.74, 6) is -3.29. The molecule has 1 aliphatic heterocycles. The average molecular weight is 988 g/mol. The number of nitrogens with zero attached hydrogens (tertiary/aromatic N) is 2. The van der Waals surface area contributed by atoms with Gasteiger partial charge in [0.2, 0.25) is 29.5 Å². The number of ether oxygens (including phenoxy) is 2. The topological polar surface area (TPSA) is 273 Å². The number of carbonyl (C=O) groups is 5. The normalized spacial score (nSPS) is 16.9. The number of anilines is 2. The number of aromatic amines is 1. The van der Waals surface area contributed by atoms with Crippen molar-refractivity contribution in [3.8, 4) is 16.9 Å². The minimum atomic E-state index is -1.25. The lowest BCUT2D eigenvalue weighted by molar-refractivity contribution is -0.134. The van der Waals surface area contributed by atoms with Gasteiger partial charge in [-0.25, -0.2) is 4.39 Å². The number of amides is 5. The molecule has 382 valence electrons. The SMILES string of the molecule is COc1ccc2[nH]cc(C[C@H](NC(=O)[C@H]3CCC[C@H](N)C3)C(=O)N[C@@H](Cc3ccc(-c4ccccc4)cc3)C(=O)N[C@@H](CCCCN=C(N)N)C(=O)NCC(=O)Nc3ccc(N4CCOCC4)c(F)c3)c2c1. The maximum Gasteiger partial charge on any atom is 0.243 e. The second kappa shape index (κ2) is 25.6. The molecule has 5 atom stereocenters. The van der Waals surface area contributed by atoms with Crippen molar-refractivity contribution in [2.24, 2.45) is 28.1 Å². The summed E-state index contributed by atoms with van der Waals surface area (Å²) in [4.78, 5) is 79.7. The second-order valence-electron chi connectivity index (χ2n) is 18.3. The first-order valence-electron chi connectivity index (χ1n) is 24.5. The number of rotatable bonds is 22. The van der Waals surface area contributed by atoms with Gasteiger partial charge >= 0.3 is 0 Å². The summed E-state index contributed by atoms with van der Waals surface area (Å²) in [6.45, 7) is 1.81. The van der Waals surface area contributed by atoms with Gasteiger partial charge in [-0.2, -0.15) is 0 Å². The predicted molar refractivity (Wildman–Crippen MR) is 275 cm³/mol. The fraction of sp³-hybridized carbons (Fsp3) is 0.396. The molecule has 0 radical (unpaired) electrons. The van der Waals surface area contributed by atoms with Crippen LogP contribution in [0, 0.1) is 11.7 Å². The zero-order valence-electron chi connectivity index (χ0n) is 40.6. The molecule has 0 unspecified atom stereocenters. The third-order valence-electron chi connectivity index (χ3n) is 13.1. The number of benzene rings is 4. The molecule has 2 fully saturated rings. The third kappa shape index (κ3) is 14.8. The predicted octanol–water partition coefficient (Wildman–Crippen LogP) is 3.77. The van der Waals surface area contributed by atoms with Crippen LogP contribution in [0.1, 0.15) is 56.1 Å². The zero-order chi connectivity index (χ0) is 51.0. The van der Waals surface area contributed by atoms with E-state index in [4.69, 9.17) is 26.7 Å². The molecule has 7 rings (SSSR count). The number of carbonyl (C=O) groups excluding carboxylic acids is 5. The molecule has 19 heteroatoms. The number of aromatic nitrogens is 1. The number of guanidine groups is 1. The molecule has 72 heavy (non-hydrogen) atoms. The van der Waals surface area contributed by atoms with E-state index in [-0.39, 0.29) is 49.4 Å². The fourth-order valence-corrected chi connectivity index (χ4v) is 9.17. The van der Waals surface area contributed by atoms with Crippen molar-refractivity contribution in [3.05, 3.63) is 114 Å². The molecule has 18 nitrogen and oxygen atoms in total. The van der Waals surface area contributed by atoms with Gasteiger partial charge in [0.25, 0.3) is 0 Å². The number of methoxy groups -OCH3 is 1. The Balaban J connectivity index is 1.11. The van der Waals surface area contributed by atoms with Gasteiger partial charge in [-0.3, -0.25) is 29.0 Å². The summed E-state index contributed by atoms with van der Waals surface area (Å²) in [6, 6.07) is 23.6. The van der Waals surface area contributed by atoms with Crippen LogP contribution in [0.2, 0.25) is 0 Å². The first-order valence-corrected chi connectivity index (χ1v) is 24.5. The van der Waals surface area contributed by atoms with Crippen molar-refractivity contribution in [1.29, 1.82) is 0 Å². The molecule has 5 amide bonds. The third-order valence-corrected chi connectivity index (χ3v) is 13.1. The summed E-state index contributed by atoms with van der Waals surface area (Å²) < 4.78 is 26.0. The molecular weight excluding hydrogens is 922 g/mol. The van der Waals surface area contributed by atoms with E-state index in [0.29, 0.717) is 69.0 Å². The van der Waals surface area contributed by atoms with Crippen LogP contribution in [0.4, 0.5) is 15.8 Å². The lowest BCUT2D eigenvalue weighted by atomic mass is 9.85. The minimum Gasteiger partial charge on any atom is -0.497 e. The number of aliphatic imine (C=N–C) groups is 1. The molecule has 2 aliphatic rings. The van der Waals surface area contributed by atoms with Crippen molar-refractivity contribution < 1.29 is 37.8 Å². The number of morpholine rings is 1. The largest absolute Gasteiger partial charge is 0.497 e. The molecule has 1 saturated heterocycles. The quantitative estimate of drug-likeness (QED) is 0.0274. The molecule has 1 saturated carbocycles. The Morgan fingerprint density at radius 2 is 1.56 bits per heavy atom. The Morgan fingerprint density at radius 3 is 2.26 bits per heavy atom. The number of nitrogens with two attached hydrogens (primary N) is 3. The molecule has 1 aliphatic carbocycles. The van der Waals surface area contributed by atoms with E-state index in [1.807, 2.05) is 77.7 Å². The van der Waals surface area contributed by atoms with Crippen molar-refractivity contribution in [1.82, 2.24) is 26.3 Å². The monoisotopic (exact) mass is 988 g/mol. The molecular formula is C53H66FN11O7. The Kier molecular flexibility index (Phi) is 18.6. The lowest BCUT2D eigenvalue weighted by Crippen LogP contribution is -2.58. The summed E-state index contributed by atoms with van der Waals surface area (Å²) in [7, 11) is 1.56. The summed E-state index contributed by atoms with van der Waals surface area (Å²) >= 11 is 0. The molecule has 1 aromatic heterocycles. The van der Waals surface area contributed by atoms with Gasteiger partial charge in [0.05, 0.1) is 32.6 Å². The van der Waals surface area contributed by atoms with E-state index in [2.05, 4.69) is 36.6 Å². The van der Waals surface area contributed by atoms with Gasteiger partial charge < -0.3 is 63.1 Å². The number of fused-ring (bicyclic) bond motifs is 1. The number of nitrogens with one attached hydrogen (secondary N) is 6. The van der Waals surface area contributed by atoms with Crippen LogP contribution in [-0.4, -0.2) is 111 Å². The number of hydrogen-bond donors (Lipinski definition) is 9. The highest BCUT2D eigenvalue weighted by atomic mass is 19.1. The van der Waals surface area contributed by atoms with E-state index in [0.717, 1.165) is 40.4 Å². The Labute approximate surface area is 418 Å². The molecule has 12 N–H and O–H groups in total. The van der Waals surface area contributed by atoms with Gasteiger partial charge in [-0.15, -0.1) is 0 Å². The van der Waals surface area contributed by atoms with Gasteiger partial charge in [-0.1, -0.05) is 61.0 Å². The number of unbranched alkanes of at least 4 members (excludes halogenated alkanes) is 1. The summed E-state index contributed by atoms with van der Waals surface area (Å²) in [6.07, 6.45) is 5.52. The van der Waals surface area contributed by atoms with Crippen molar-refractivity contribution in [2.45, 2.75) is 82.0 Å². The van der Waals surface area contributed by atoms with Crippen molar-refractivity contribution in [3.63, 3.8) is 0 Å². The van der Waals surface area contributed by atoms with Crippen LogP contribution in [0.3, 0.4) is 0 Å². The minimum absolute atomic E-state index is 0.0111. The first-order chi connectivity index (χ1) is 34.8. The highest BCUT2D eigenvalue weighted by Crippen LogP contribution is 2.28. The Hall–Kier alpha value is -7.51. The lowest BCUT2D eigenvalue weighted by Gasteiger charge is -2.29. The van der Waals surface area contributed by atoms with Gasteiger partial charge in [0.1, 0.15) is 29.7 Å². The van der Waals surface area contributed by atoms with E-state index >= 15 is 4.39 Å². The van der Waals surface area contributed by atoms with Crippen LogP contribution in [0.25, 0.3) is 22.0 Å². The zero-order valence-corrected chi connectivity index (χ0v) is 40.6. The van der Waals surface area contributed by atoms with E-state index in [1.165, 1.54) is 6.07 Å². The first kappa shape index (κ1) is 52.3. The smallest absolute Gasteiger partial charge is 0.243 e. The van der Waals surface area contributed by atoms with Crippen molar-refractivity contribution in [2.75, 3.05) is 56.7 Å². The van der Waals surface area contributed by atoms with E-state index in [1.54, 1.807) is 25.4 Å². The molecule has 5 aromatic rings. The van der Waals surface area contributed by atoms with E-state index < -0.39 is 60.0 Å². The maximum atomic E-state index is 15.2. The molecule has 2 heterocycles. The van der Waals surface area contributed by atoms with Crippen LogP contribution in [0.5, 0.6) is 5.75 Å². The van der Waals surface area contributed by atoms with Crippen LogP contribution in [0.15, 0.2) is 102 Å². The number of H-pyrrole nitrogens is 1. The number of halogens is 1. The summed E-state index contributed by atoms with van der Waals surface area (Å²) in [5.41, 5.74) is 22.1. The van der Waals surface area contributed by atoms with Gasteiger partial charge in [-0.05, 0) is 97.2 Å². The van der Waals surface area contributed by atoms with E-state index in [9.17, 15) is 24.0 Å². The Bertz CT molecular complexity index is 2670. The average Bonchev–Trinajstić information content (AvgIpc) is 3.79. The summed E-state index contributed by atoms with van der Waals surface area (Å²) in [5, 5.41) is 14.8. The standard InChI is InChI=1S/C53H66FN11O7/c1-71-40-18-19-43-41(30-40)37(31-59-43)28-46(63-49(67)36-10-7-11-38(55)27-36)52(70)64-45(26-33-13-15-35(16-14-33)34-8-3-2-4-9-34)51(69)62-44(12-5-6-21-58-53(56)57)50(68)60-32-48(66)61-39-17-20-47(42(54)29-39)65-22-24-72-25-23-65/h2-4,8-9,13-20,29-31,36,38,44-46,59H,5-7,10-12,21-28,32,55H2,1H3,(H,60,68)(H,61,66)(H,62,69)(H,63,67)(H,64,70)(H4,56,57,58)/t36-,38-,44-,45-,46-/m0/s1. The Morgan fingerprint density at radius 1 is 0.833 bits per heavy atom. The van der Waals surface area contributed by atoms with Crippen molar-refractivity contribution >= 4 is 57.8 Å². The van der Waals surface area contributed by atoms with Crippen LogP contribution < -0.4 is 53.4 Å². The number of hydrogen-bond acceptors (Lipinski definition) is 10. The highest BCUT2D eigenvalue weighted by molar-refractivity contribution is 5.98. The molecule has 0 spiro atoms. The highest BCUT2D eigenvalue weighted by Gasteiger charge is 2.33. The van der Waals surface area contributed by atoms with Gasteiger partial charge in [0, 0.05) is 67.2 Å². The fourth-order valence-electron chi connectivity index (χ4n) is 9.17. The van der Waals surface area contributed by atoms with Crippen LogP contribution in [-0.2, 0) is 41.6 Å². The molecule has 4 aromatic carbocycles. The van der Waals surface area contributed by atoms with Gasteiger partial charge in [0.15, 0.2) is 5.96 Å². The second-order valence-corrected chi connectivity index (χ2v) is 18.3. The maximum absolute atomic E-state index is 15.2. The van der Waals surface area contributed by atoms with Crippen LogP contribution >= 0.6 is 0 Å².